The van der Waals surface area contributed by atoms with Crippen LogP contribution in [0.5, 0.6) is 5.75 Å². The molecule has 7 heteroatoms. The highest BCUT2D eigenvalue weighted by atomic mass is 32.2. The molecular weight excluding hydrogens is 388 g/mol. The van der Waals surface area contributed by atoms with Crippen molar-refractivity contribution in [1.82, 2.24) is 4.00 Å². The topological polar surface area (TPSA) is 86.6 Å². The molecule has 1 unspecified atom stereocenters. The van der Waals surface area contributed by atoms with E-state index in [1.807, 2.05) is 30.3 Å². The van der Waals surface area contributed by atoms with Crippen molar-refractivity contribution in [2.45, 2.75) is 0 Å². The van der Waals surface area contributed by atoms with E-state index < -0.39 is 14.3 Å². The molecule has 0 saturated carbocycles. The summed E-state index contributed by atoms with van der Waals surface area (Å²) in [6.45, 7) is 0. The molecule has 1 atom stereocenters. The quantitative estimate of drug-likeness (QED) is 0.187. The van der Waals surface area contributed by atoms with Gasteiger partial charge in [0.05, 0.1) is 5.69 Å². The van der Waals surface area contributed by atoms with Crippen molar-refractivity contribution in [1.29, 1.82) is 0 Å². The maximum atomic E-state index is 13.0. The van der Waals surface area contributed by atoms with Crippen LogP contribution in [0, 0.1) is 0 Å². The van der Waals surface area contributed by atoms with Crippen LogP contribution in [0.3, 0.4) is 0 Å². The molecule has 0 amide bonds. The Morgan fingerprint density at radius 1 is 0.724 bits per heavy atom. The molecule has 0 bridgehead atoms. The number of quaternary nitrogens is 1. The largest absolute Gasteiger partial charge is 0.508 e. The molecule has 4 aromatic carbocycles. The van der Waals surface area contributed by atoms with E-state index in [2.05, 4.69) is 5.43 Å². The standard InChI is InChI=1S/C22H18N2O4S/c25-20-15-13-18(14-16-20)23-24(29(26,27)28,19-9-2-1-3-10-19)22-12-6-8-17-7-4-5-11-21(17)22/h1-16,23H,(H-,25,26,27,28)/p+1. The lowest BCUT2D eigenvalue weighted by Gasteiger charge is -2.33. The van der Waals surface area contributed by atoms with Crippen LogP contribution in [0.25, 0.3) is 10.8 Å². The summed E-state index contributed by atoms with van der Waals surface area (Å²) in [6.07, 6.45) is 0. The number of phenols is 1. The van der Waals surface area contributed by atoms with E-state index in [0.717, 1.165) is 5.39 Å². The third-order valence-electron chi connectivity index (χ3n) is 4.73. The van der Waals surface area contributed by atoms with E-state index in [9.17, 15) is 18.1 Å². The van der Waals surface area contributed by atoms with Gasteiger partial charge in [0.15, 0.2) is 11.4 Å². The second-order valence-electron chi connectivity index (χ2n) is 6.55. The zero-order valence-electron chi connectivity index (χ0n) is 15.3. The van der Waals surface area contributed by atoms with Gasteiger partial charge in [-0.05, 0) is 39.7 Å². The highest BCUT2D eigenvalue weighted by Crippen LogP contribution is 2.42. The molecule has 3 N–H and O–H groups in total. The van der Waals surface area contributed by atoms with Crippen LogP contribution in [0.4, 0.5) is 17.1 Å². The highest BCUT2D eigenvalue weighted by molar-refractivity contribution is 7.85. The third-order valence-corrected chi connectivity index (χ3v) is 5.92. The summed E-state index contributed by atoms with van der Waals surface area (Å²) in [4.78, 5) is 0. The van der Waals surface area contributed by atoms with Gasteiger partial charge in [-0.15, -0.1) is 8.42 Å². The summed E-state index contributed by atoms with van der Waals surface area (Å²) in [5.41, 5.74) is 4.02. The van der Waals surface area contributed by atoms with E-state index in [1.165, 1.54) is 12.1 Å². The van der Waals surface area contributed by atoms with Crippen molar-refractivity contribution in [3.63, 3.8) is 0 Å². The molecular formula is C22H19N2O4S+. The van der Waals surface area contributed by atoms with Gasteiger partial charge in [-0.25, -0.2) is 9.98 Å². The first kappa shape index (κ1) is 18.9. The first-order valence-electron chi connectivity index (χ1n) is 8.90. The first-order valence-corrected chi connectivity index (χ1v) is 10.3. The van der Waals surface area contributed by atoms with Gasteiger partial charge < -0.3 is 5.11 Å². The van der Waals surface area contributed by atoms with Gasteiger partial charge in [-0.2, -0.15) is 0 Å². The number of para-hydroxylation sites is 1. The Bertz CT molecular complexity index is 1250. The third kappa shape index (κ3) is 3.31. The number of nitrogens with one attached hydrogen (secondary N) is 1. The summed E-state index contributed by atoms with van der Waals surface area (Å²) in [6, 6.07) is 27.1. The zero-order chi connectivity index (χ0) is 20.5. The van der Waals surface area contributed by atoms with Crippen molar-refractivity contribution in [2.75, 3.05) is 5.43 Å². The van der Waals surface area contributed by atoms with Crippen LogP contribution in [0.15, 0.2) is 97.1 Å². The number of benzene rings is 4. The molecule has 0 aliphatic carbocycles. The maximum Gasteiger partial charge on any atom is 0.466 e. The number of aromatic hydroxyl groups is 1. The number of fused-ring (bicyclic) bond motifs is 1. The molecule has 6 nitrogen and oxygen atoms in total. The van der Waals surface area contributed by atoms with Crippen LogP contribution < -0.4 is 9.42 Å². The van der Waals surface area contributed by atoms with Crippen LogP contribution >= 0.6 is 0 Å². The summed E-state index contributed by atoms with van der Waals surface area (Å²) in [7, 11) is -4.77. The molecule has 29 heavy (non-hydrogen) atoms. The van der Waals surface area contributed by atoms with Crippen molar-refractivity contribution >= 4 is 38.1 Å². The van der Waals surface area contributed by atoms with Gasteiger partial charge >= 0.3 is 10.3 Å². The Balaban J connectivity index is 2.09. The molecule has 0 radical (unpaired) electrons. The average Bonchev–Trinajstić information content (AvgIpc) is 2.73. The number of hydrogen-bond donors (Lipinski definition) is 3. The fraction of sp³-hybridized carbons (Fsp3) is 0. The number of anilines is 1. The minimum atomic E-state index is -4.77. The zero-order valence-corrected chi connectivity index (χ0v) is 16.1. The first-order chi connectivity index (χ1) is 13.9. The Hall–Kier alpha value is -3.39. The summed E-state index contributed by atoms with van der Waals surface area (Å²) in [5, 5.41) is 11.1. The van der Waals surface area contributed by atoms with Gasteiger partial charge in [0.2, 0.25) is 0 Å². The second kappa shape index (κ2) is 7.21. The van der Waals surface area contributed by atoms with Crippen LogP contribution in [-0.2, 0) is 10.3 Å². The predicted molar refractivity (Wildman–Crippen MR) is 115 cm³/mol. The monoisotopic (exact) mass is 407 g/mol. The molecule has 146 valence electrons. The Kier molecular flexibility index (Phi) is 4.71. The highest BCUT2D eigenvalue weighted by Gasteiger charge is 2.48. The Labute approximate surface area is 168 Å². The number of phenolic OH excluding ortho intramolecular Hbond substituents is 1. The number of nitrogens with zero attached hydrogens (tertiary/aromatic N) is 1. The van der Waals surface area contributed by atoms with Gasteiger partial charge in [0, 0.05) is 23.6 Å². The van der Waals surface area contributed by atoms with Crippen molar-refractivity contribution < 1.29 is 18.1 Å². The van der Waals surface area contributed by atoms with Crippen LogP contribution in [0.1, 0.15) is 0 Å². The fourth-order valence-electron chi connectivity index (χ4n) is 3.42. The molecule has 0 aliphatic heterocycles. The lowest BCUT2D eigenvalue weighted by molar-refractivity contribution is 0.428. The smallest absolute Gasteiger partial charge is 0.466 e. The normalized spacial score (nSPS) is 13.7. The SMILES string of the molecule is O=S(=O)(O)[N+](Nc1ccc(O)cc1)(c1ccccc1)c1cccc2ccccc12. The van der Waals surface area contributed by atoms with E-state index in [0.29, 0.717) is 22.4 Å². The maximum absolute atomic E-state index is 13.0. The lowest BCUT2D eigenvalue weighted by atomic mass is 10.1. The molecule has 0 fully saturated rings. The van der Waals surface area contributed by atoms with Gasteiger partial charge in [0.1, 0.15) is 5.75 Å². The van der Waals surface area contributed by atoms with Crippen molar-refractivity contribution in [2.24, 2.45) is 0 Å². The molecule has 4 rings (SSSR count). The van der Waals surface area contributed by atoms with Crippen LogP contribution in [-0.4, -0.2) is 18.1 Å². The molecule has 0 aromatic heterocycles. The molecule has 0 heterocycles. The lowest BCUT2D eigenvalue weighted by Crippen LogP contribution is -2.54. The predicted octanol–water partition coefficient (Wildman–Crippen LogP) is 5.01. The molecule has 0 aliphatic rings. The summed E-state index contributed by atoms with van der Waals surface area (Å²) >= 11 is 0. The van der Waals surface area contributed by atoms with E-state index in [4.69, 9.17) is 0 Å². The Morgan fingerprint density at radius 2 is 1.34 bits per heavy atom. The molecule has 0 spiro atoms. The van der Waals surface area contributed by atoms with Gasteiger partial charge in [-0.3, -0.25) is 0 Å². The van der Waals surface area contributed by atoms with E-state index in [1.54, 1.807) is 54.6 Å². The minimum Gasteiger partial charge on any atom is -0.508 e. The number of hydrogen-bond acceptors (Lipinski definition) is 4. The van der Waals surface area contributed by atoms with Crippen molar-refractivity contribution in [3.8, 4) is 5.75 Å². The van der Waals surface area contributed by atoms with E-state index in [-0.39, 0.29) is 5.75 Å². The fourth-order valence-corrected chi connectivity index (χ4v) is 4.43. The van der Waals surface area contributed by atoms with Gasteiger partial charge in [-0.1, -0.05) is 48.5 Å². The van der Waals surface area contributed by atoms with Crippen molar-refractivity contribution in [3.05, 3.63) is 97.1 Å². The average molecular weight is 407 g/mol. The summed E-state index contributed by atoms with van der Waals surface area (Å²) in [5.74, 6) is 0.0466. The molecule has 4 aromatic rings. The second-order valence-corrected chi connectivity index (χ2v) is 7.99. The van der Waals surface area contributed by atoms with E-state index >= 15 is 0 Å². The minimum absolute atomic E-state index is 0.0466. The molecule has 0 saturated heterocycles. The number of rotatable bonds is 5. The summed E-state index contributed by atoms with van der Waals surface area (Å²) < 4.78 is 35.5. The van der Waals surface area contributed by atoms with Gasteiger partial charge in [0.25, 0.3) is 0 Å². The Morgan fingerprint density at radius 3 is 2.03 bits per heavy atom. The van der Waals surface area contributed by atoms with Crippen LogP contribution in [0.2, 0.25) is 0 Å².